The van der Waals surface area contributed by atoms with E-state index >= 15 is 0 Å². The van der Waals surface area contributed by atoms with Gasteiger partial charge in [0.1, 0.15) is 0 Å². The Labute approximate surface area is 80.2 Å². The lowest BCUT2D eigenvalue weighted by Gasteiger charge is -2.17. The van der Waals surface area contributed by atoms with Gasteiger partial charge in [0.25, 0.3) is 0 Å². The van der Waals surface area contributed by atoms with E-state index in [1.54, 1.807) is 0 Å². The van der Waals surface area contributed by atoms with Gasteiger partial charge in [-0.15, -0.1) is 0 Å². The van der Waals surface area contributed by atoms with Crippen LogP contribution in [0.5, 0.6) is 0 Å². The normalized spacial score (nSPS) is 33.2. The van der Waals surface area contributed by atoms with Crippen LogP contribution in [0.1, 0.15) is 39.0 Å². The molecule has 0 aliphatic heterocycles. The number of nitrogens with two attached hydrogens (primary N) is 1. The fourth-order valence-corrected chi connectivity index (χ4v) is 4.21. The summed E-state index contributed by atoms with van der Waals surface area (Å²) in [5.41, 5.74) is 5.71. The van der Waals surface area contributed by atoms with Crippen LogP contribution in [0.2, 0.25) is 0 Å². The summed E-state index contributed by atoms with van der Waals surface area (Å²) >= 11 is 0. The molecule has 1 saturated carbocycles. The summed E-state index contributed by atoms with van der Waals surface area (Å²) in [4.78, 5) is 9.76. The molecule has 4 heteroatoms. The largest absolute Gasteiger partial charge is 0.344 e. The topological polar surface area (TPSA) is 63.3 Å². The maximum atomic E-state index is 11.8. The molecule has 1 fully saturated rings. The maximum absolute atomic E-state index is 11.8. The molecule has 1 aliphatic carbocycles. The summed E-state index contributed by atoms with van der Waals surface area (Å²) in [6, 6.07) is 0.159. The van der Waals surface area contributed by atoms with Crippen molar-refractivity contribution >= 4 is 7.37 Å². The van der Waals surface area contributed by atoms with Crippen molar-refractivity contribution in [1.82, 2.24) is 0 Å². The Bertz CT molecular complexity index is 208. The van der Waals surface area contributed by atoms with Gasteiger partial charge in [-0.25, -0.2) is 0 Å². The minimum Gasteiger partial charge on any atom is -0.344 e. The quantitative estimate of drug-likeness (QED) is 0.689. The highest BCUT2D eigenvalue weighted by atomic mass is 31.2. The first-order chi connectivity index (χ1) is 6.06. The van der Waals surface area contributed by atoms with Crippen molar-refractivity contribution in [3.8, 4) is 0 Å². The molecular weight excluding hydrogens is 185 g/mol. The van der Waals surface area contributed by atoms with E-state index in [-0.39, 0.29) is 11.7 Å². The van der Waals surface area contributed by atoms with Gasteiger partial charge in [-0.05, 0) is 25.7 Å². The SMILES string of the molecule is CCCCP(=O)(O)[C@@H]1CC[C@H](N)C1. The van der Waals surface area contributed by atoms with Gasteiger partial charge in [-0.3, -0.25) is 4.57 Å². The zero-order chi connectivity index (χ0) is 9.90. The summed E-state index contributed by atoms with van der Waals surface area (Å²) in [6.45, 7) is 2.04. The van der Waals surface area contributed by atoms with Crippen molar-refractivity contribution < 1.29 is 9.46 Å². The maximum Gasteiger partial charge on any atom is 0.203 e. The number of unbranched alkanes of at least 4 members (excludes halogenated alkanes) is 1. The van der Waals surface area contributed by atoms with E-state index in [9.17, 15) is 9.46 Å². The van der Waals surface area contributed by atoms with E-state index in [0.717, 1.165) is 32.1 Å². The van der Waals surface area contributed by atoms with E-state index in [4.69, 9.17) is 5.73 Å². The zero-order valence-electron chi connectivity index (χ0n) is 8.28. The highest BCUT2D eigenvalue weighted by Crippen LogP contribution is 2.53. The number of rotatable bonds is 4. The average molecular weight is 205 g/mol. The molecule has 0 heterocycles. The second-order valence-electron chi connectivity index (χ2n) is 4.06. The van der Waals surface area contributed by atoms with Gasteiger partial charge >= 0.3 is 0 Å². The monoisotopic (exact) mass is 205 g/mol. The highest BCUT2D eigenvalue weighted by Gasteiger charge is 2.35. The van der Waals surface area contributed by atoms with Gasteiger partial charge in [-0.1, -0.05) is 13.3 Å². The lowest BCUT2D eigenvalue weighted by molar-refractivity contribution is 0.459. The molecule has 0 aromatic heterocycles. The van der Waals surface area contributed by atoms with Gasteiger partial charge in [0.05, 0.1) is 0 Å². The van der Waals surface area contributed by atoms with Crippen LogP contribution in [0.25, 0.3) is 0 Å². The number of hydrogen-bond donors (Lipinski definition) is 2. The molecule has 0 radical (unpaired) electrons. The molecule has 0 bridgehead atoms. The van der Waals surface area contributed by atoms with Crippen molar-refractivity contribution in [1.29, 1.82) is 0 Å². The third kappa shape index (κ3) is 3.08. The van der Waals surface area contributed by atoms with Crippen molar-refractivity contribution in [3.63, 3.8) is 0 Å². The van der Waals surface area contributed by atoms with Crippen LogP contribution >= 0.6 is 7.37 Å². The molecule has 0 saturated heterocycles. The van der Waals surface area contributed by atoms with Gasteiger partial charge in [0, 0.05) is 17.9 Å². The van der Waals surface area contributed by atoms with E-state index in [0.29, 0.717) is 6.16 Å². The van der Waals surface area contributed by atoms with Crippen molar-refractivity contribution in [3.05, 3.63) is 0 Å². The highest BCUT2D eigenvalue weighted by molar-refractivity contribution is 7.58. The first kappa shape index (κ1) is 11.2. The average Bonchev–Trinajstić information content (AvgIpc) is 2.49. The molecule has 13 heavy (non-hydrogen) atoms. The Morgan fingerprint density at radius 3 is 2.69 bits per heavy atom. The van der Waals surface area contributed by atoms with Gasteiger partial charge in [0.2, 0.25) is 7.37 Å². The first-order valence-corrected chi connectivity index (χ1v) is 7.04. The first-order valence-electron chi connectivity index (χ1n) is 5.13. The number of hydrogen-bond acceptors (Lipinski definition) is 2. The molecule has 3 N–H and O–H groups in total. The molecular formula is C9H20NO2P. The van der Waals surface area contributed by atoms with Crippen molar-refractivity contribution in [2.75, 3.05) is 6.16 Å². The molecule has 1 aliphatic rings. The van der Waals surface area contributed by atoms with Crippen LogP contribution in [0.4, 0.5) is 0 Å². The predicted molar refractivity (Wildman–Crippen MR) is 55.2 cm³/mol. The van der Waals surface area contributed by atoms with Gasteiger partial charge in [0.15, 0.2) is 0 Å². The summed E-state index contributed by atoms with van der Waals surface area (Å²) in [5, 5.41) is 0. The molecule has 3 atom stereocenters. The van der Waals surface area contributed by atoms with Crippen LogP contribution in [0.15, 0.2) is 0 Å². The Hall–Kier alpha value is 0.150. The summed E-state index contributed by atoms with van der Waals surface area (Å²) in [7, 11) is -2.87. The van der Waals surface area contributed by atoms with Crippen LogP contribution in [-0.4, -0.2) is 22.8 Å². The Balaban J connectivity index is 2.44. The molecule has 78 valence electrons. The molecule has 1 rings (SSSR count). The second-order valence-corrected chi connectivity index (χ2v) is 6.75. The zero-order valence-corrected chi connectivity index (χ0v) is 9.17. The van der Waals surface area contributed by atoms with Crippen molar-refractivity contribution in [2.45, 2.75) is 50.7 Å². The molecule has 1 unspecified atom stereocenters. The minimum atomic E-state index is -2.87. The summed E-state index contributed by atoms with van der Waals surface area (Å²) in [5.74, 6) is 0. The molecule has 0 spiro atoms. The smallest absolute Gasteiger partial charge is 0.203 e. The Morgan fingerprint density at radius 2 is 2.23 bits per heavy atom. The van der Waals surface area contributed by atoms with E-state index in [1.807, 2.05) is 6.92 Å². The van der Waals surface area contributed by atoms with E-state index in [2.05, 4.69) is 0 Å². The minimum absolute atomic E-state index is 0.00551. The fourth-order valence-electron chi connectivity index (χ4n) is 1.93. The molecule has 0 amide bonds. The summed E-state index contributed by atoms with van der Waals surface area (Å²) < 4.78 is 11.8. The summed E-state index contributed by atoms with van der Waals surface area (Å²) in [6.07, 6.45) is 4.85. The van der Waals surface area contributed by atoms with Gasteiger partial charge in [-0.2, -0.15) is 0 Å². The van der Waals surface area contributed by atoms with Crippen LogP contribution in [-0.2, 0) is 4.57 Å². The lowest BCUT2D eigenvalue weighted by atomic mass is 10.3. The van der Waals surface area contributed by atoms with Crippen LogP contribution in [0, 0.1) is 0 Å². The fraction of sp³-hybridized carbons (Fsp3) is 1.00. The Morgan fingerprint density at radius 1 is 1.54 bits per heavy atom. The third-order valence-electron chi connectivity index (χ3n) is 2.85. The third-order valence-corrected chi connectivity index (χ3v) is 5.42. The van der Waals surface area contributed by atoms with Crippen LogP contribution in [0.3, 0.4) is 0 Å². The van der Waals surface area contributed by atoms with Crippen LogP contribution < -0.4 is 5.73 Å². The predicted octanol–water partition coefficient (Wildman–Crippen LogP) is 1.94. The van der Waals surface area contributed by atoms with E-state index < -0.39 is 7.37 Å². The van der Waals surface area contributed by atoms with Crippen molar-refractivity contribution in [2.24, 2.45) is 5.73 Å². The van der Waals surface area contributed by atoms with Gasteiger partial charge < -0.3 is 10.6 Å². The Kier molecular flexibility index (Phi) is 3.96. The lowest BCUT2D eigenvalue weighted by Crippen LogP contribution is -2.16. The second kappa shape index (κ2) is 4.59. The molecule has 0 aromatic carbocycles. The standard InChI is InChI=1S/C9H20NO2P/c1-2-3-6-13(11,12)9-5-4-8(10)7-9/h8-9H,2-7,10H2,1H3,(H,11,12)/t8-,9+/m0/s1. The molecule has 0 aromatic rings. The molecule has 3 nitrogen and oxygen atoms in total. The van der Waals surface area contributed by atoms with E-state index in [1.165, 1.54) is 0 Å².